The van der Waals surface area contributed by atoms with Crippen molar-refractivity contribution in [1.29, 1.82) is 0 Å². The van der Waals surface area contributed by atoms with E-state index in [0.29, 0.717) is 11.7 Å². The third-order valence-electron chi connectivity index (χ3n) is 6.66. The van der Waals surface area contributed by atoms with Gasteiger partial charge in [0, 0.05) is 11.8 Å². The lowest BCUT2D eigenvalue weighted by Crippen LogP contribution is -2.11. The van der Waals surface area contributed by atoms with E-state index >= 15 is 0 Å². The summed E-state index contributed by atoms with van der Waals surface area (Å²) in [4.78, 5) is 4.63. The Morgan fingerprint density at radius 3 is 2.25 bits per heavy atom. The van der Waals surface area contributed by atoms with Crippen molar-refractivity contribution in [2.45, 2.75) is 76.5 Å². The van der Waals surface area contributed by atoms with Crippen LogP contribution in [0.4, 0.5) is 5.69 Å². The van der Waals surface area contributed by atoms with Crippen LogP contribution in [0.3, 0.4) is 0 Å². The largest absolute Gasteiger partial charge is 0.507 e. The monoisotopic (exact) mass is 375 g/mol. The van der Waals surface area contributed by atoms with Crippen molar-refractivity contribution in [2.24, 2.45) is 10.9 Å². The topological polar surface area (TPSA) is 32.6 Å². The average molecular weight is 376 g/mol. The number of rotatable bonds is 5. The summed E-state index contributed by atoms with van der Waals surface area (Å²) in [5, 5.41) is 11.0. The summed E-state index contributed by atoms with van der Waals surface area (Å²) >= 11 is 0. The molecule has 2 heteroatoms. The molecule has 0 unspecified atom stereocenters. The molecule has 0 aliphatic heterocycles. The highest BCUT2D eigenvalue weighted by Crippen LogP contribution is 2.38. The summed E-state index contributed by atoms with van der Waals surface area (Å²) in [6, 6.07) is 14.5. The third-order valence-corrected chi connectivity index (χ3v) is 6.66. The van der Waals surface area contributed by atoms with Crippen LogP contribution in [0.25, 0.3) is 0 Å². The second-order valence-corrected chi connectivity index (χ2v) is 8.75. The van der Waals surface area contributed by atoms with Crippen molar-refractivity contribution >= 4 is 11.9 Å². The number of nitrogens with zero attached hydrogens (tertiary/aromatic N) is 1. The van der Waals surface area contributed by atoms with Crippen molar-refractivity contribution in [3.8, 4) is 5.75 Å². The Morgan fingerprint density at radius 1 is 0.857 bits per heavy atom. The minimum Gasteiger partial charge on any atom is -0.507 e. The van der Waals surface area contributed by atoms with Gasteiger partial charge in [-0.25, -0.2) is 0 Å². The zero-order valence-corrected chi connectivity index (χ0v) is 16.9. The van der Waals surface area contributed by atoms with Gasteiger partial charge in [-0.3, -0.25) is 4.99 Å². The second kappa shape index (κ2) is 9.41. The molecule has 0 atom stereocenters. The van der Waals surface area contributed by atoms with Crippen molar-refractivity contribution in [1.82, 2.24) is 0 Å². The molecule has 2 aromatic rings. The van der Waals surface area contributed by atoms with E-state index < -0.39 is 0 Å². The molecule has 0 saturated heterocycles. The number of benzene rings is 2. The minimum atomic E-state index is 0.449. The molecule has 0 spiro atoms. The summed E-state index contributed by atoms with van der Waals surface area (Å²) in [7, 11) is 0. The molecule has 2 saturated carbocycles. The Hall–Kier alpha value is -2.09. The Bertz CT molecular complexity index is 784. The van der Waals surface area contributed by atoms with Crippen molar-refractivity contribution in [2.75, 3.05) is 0 Å². The molecule has 0 bridgehead atoms. The fourth-order valence-corrected chi connectivity index (χ4v) is 5.03. The van der Waals surface area contributed by atoms with Gasteiger partial charge in [0.25, 0.3) is 0 Å². The van der Waals surface area contributed by atoms with Crippen molar-refractivity contribution < 1.29 is 5.11 Å². The van der Waals surface area contributed by atoms with Crippen LogP contribution in [-0.4, -0.2) is 11.3 Å². The fourth-order valence-electron chi connectivity index (χ4n) is 5.03. The van der Waals surface area contributed by atoms with Crippen LogP contribution in [-0.2, 0) is 6.42 Å². The van der Waals surface area contributed by atoms with Crippen LogP contribution in [0.2, 0.25) is 0 Å². The standard InChI is InChI=1S/C26H33NO/c28-26-23(16-20-10-4-1-5-11-20)17-22(21-12-6-2-7-13-21)18-24(26)19-27-25-14-8-3-9-15-25/h3,8-9,14-15,17-21,28H,1-2,4-7,10-13,16H2. The van der Waals surface area contributed by atoms with Crippen LogP contribution in [0.1, 0.15) is 86.8 Å². The fraction of sp³-hybridized carbons (Fsp3) is 0.500. The molecule has 148 valence electrons. The van der Waals surface area contributed by atoms with Crippen molar-refractivity contribution in [3.05, 3.63) is 59.2 Å². The first kappa shape index (κ1) is 19.2. The van der Waals surface area contributed by atoms with Gasteiger partial charge in [0.15, 0.2) is 0 Å². The number of hydrogen-bond donors (Lipinski definition) is 1. The van der Waals surface area contributed by atoms with Gasteiger partial charge in [0.1, 0.15) is 5.75 Å². The molecule has 0 heterocycles. The highest BCUT2D eigenvalue weighted by Gasteiger charge is 2.21. The van der Waals surface area contributed by atoms with Gasteiger partial charge in [-0.05, 0) is 60.4 Å². The maximum absolute atomic E-state index is 11.0. The van der Waals surface area contributed by atoms with Crippen LogP contribution >= 0.6 is 0 Å². The summed E-state index contributed by atoms with van der Waals surface area (Å²) in [6.07, 6.45) is 16.1. The summed E-state index contributed by atoms with van der Waals surface area (Å²) < 4.78 is 0. The van der Waals surface area contributed by atoms with Gasteiger partial charge >= 0.3 is 0 Å². The third kappa shape index (κ3) is 4.84. The first-order valence-corrected chi connectivity index (χ1v) is 11.2. The SMILES string of the molecule is Oc1c(C=Nc2ccccc2)cc(C2CCCCC2)cc1CC1CCCCC1. The highest BCUT2D eigenvalue weighted by atomic mass is 16.3. The summed E-state index contributed by atoms with van der Waals surface area (Å²) in [6.45, 7) is 0. The van der Waals surface area contributed by atoms with Gasteiger partial charge in [-0.15, -0.1) is 0 Å². The molecule has 2 nitrogen and oxygen atoms in total. The molecule has 2 fully saturated rings. The van der Waals surface area contributed by atoms with Crippen LogP contribution in [0, 0.1) is 5.92 Å². The van der Waals surface area contributed by atoms with Crippen LogP contribution in [0.15, 0.2) is 47.5 Å². The first-order valence-electron chi connectivity index (χ1n) is 11.2. The van der Waals surface area contributed by atoms with E-state index in [4.69, 9.17) is 0 Å². The second-order valence-electron chi connectivity index (χ2n) is 8.75. The average Bonchev–Trinajstić information content (AvgIpc) is 2.76. The summed E-state index contributed by atoms with van der Waals surface area (Å²) in [5.41, 5.74) is 4.37. The molecular weight excluding hydrogens is 342 g/mol. The van der Waals surface area contributed by atoms with Crippen LogP contribution in [0.5, 0.6) is 5.75 Å². The van der Waals surface area contributed by atoms with Crippen LogP contribution < -0.4 is 0 Å². The van der Waals surface area contributed by atoms with E-state index in [2.05, 4.69) is 17.1 Å². The number of hydrogen-bond acceptors (Lipinski definition) is 2. The summed E-state index contributed by atoms with van der Waals surface area (Å²) in [5.74, 6) is 1.81. The lowest BCUT2D eigenvalue weighted by Gasteiger charge is -2.25. The van der Waals surface area contributed by atoms with Gasteiger partial charge in [-0.2, -0.15) is 0 Å². The van der Waals surface area contributed by atoms with E-state index in [0.717, 1.165) is 29.2 Å². The number of phenolic OH excluding ortho intramolecular Hbond substituents is 1. The molecule has 4 rings (SSSR count). The van der Waals surface area contributed by atoms with E-state index in [1.807, 2.05) is 36.5 Å². The predicted molar refractivity (Wildman–Crippen MR) is 118 cm³/mol. The molecule has 2 aliphatic carbocycles. The first-order chi connectivity index (χ1) is 13.8. The van der Waals surface area contributed by atoms with Gasteiger partial charge < -0.3 is 5.11 Å². The smallest absolute Gasteiger partial charge is 0.127 e. The van der Waals surface area contributed by atoms with Gasteiger partial charge in [0.2, 0.25) is 0 Å². The highest BCUT2D eigenvalue weighted by molar-refractivity contribution is 5.86. The number of phenols is 1. The molecule has 1 N–H and O–H groups in total. The lowest BCUT2D eigenvalue weighted by molar-refractivity contribution is 0.351. The van der Waals surface area contributed by atoms with E-state index in [1.165, 1.54) is 69.8 Å². The van der Waals surface area contributed by atoms with E-state index in [9.17, 15) is 5.11 Å². The number of para-hydroxylation sites is 1. The normalized spacial score (nSPS) is 19.3. The molecular formula is C26H33NO. The zero-order chi connectivity index (χ0) is 19.2. The maximum atomic E-state index is 11.0. The Balaban J connectivity index is 1.64. The molecule has 0 aromatic heterocycles. The lowest BCUT2D eigenvalue weighted by atomic mass is 9.80. The molecule has 28 heavy (non-hydrogen) atoms. The Kier molecular flexibility index (Phi) is 6.46. The van der Waals surface area contributed by atoms with Gasteiger partial charge in [-0.1, -0.05) is 75.6 Å². The van der Waals surface area contributed by atoms with E-state index in [-0.39, 0.29) is 0 Å². The Labute approximate surface area is 169 Å². The quantitative estimate of drug-likeness (QED) is 0.546. The number of aliphatic imine (C=N–C) groups is 1. The Morgan fingerprint density at radius 2 is 1.54 bits per heavy atom. The molecule has 2 aromatic carbocycles. The molecule has 2 aliphatic rings. The van der Waals surface area contributed by atoms with Crippen molar-refractivity contribution in [3.63, 3.8) is 0 Å². The maximum Gasteiger partial charge on any atom is 0.127 e. The number of aromatic hydroxyl groups is 1. The minimum absolute atomic E-state index is 0.449. The van der Waals surface area contributed by atoms with Gasteiger partial charge in [0.05, 0.1) is 5.69 Å². The molecule has 0 amide bonds. The van der Waals surface area contributed by atoms with E-state index in [1.54, 1.807) is 0 Å². The predicted octanol–water partition coefficient (Wildman–Crippen LogP) is 7.31. The zero-order valence-electron chi connectivity index (χ0n) is 16.9. The molecule has 0 radical (unpaired) electrons.